The number of rotatable bonds is 1. The molecular weight excluding hydrogens is 150 g/mol. The molecule has 1 unspecified atom stereocenters. The predicted molar refractivity (Wildman–Crippen MR) is 44.5 cm³/mol. The highest BCUT2D eigenvalue weighted by molar-refractivity contribution is 5.32. The second kappa shape index (κ2) is 2.96. The maximum Gasteiger partial charge on any atom is 0.0991 e. The van der Waals surface area contributed by atoms with Gasteiger partial charge in [0.15, 0.2) is 0 Å². The molecule has 1 aromatic carbocycles. The van der Waals surface area contributed by atoms with Crippen LogP contribution in [0, 0.1) is 11.3 Å². The molecule has 1 saturated heterocycles. The van der Waals surface area contributed by atoms with Crippen molar-refractivity contribution in [1.29, 1.82) is 5.26 Å². The van der Waals surface area contributed by atoms with Gasteiger partial charge in [0.1, 0.15) is 0 Å². The van der Waals surface area contributed by atoms with E-state index < -0.39 is 0 Å². The smallest absolute Gasteiger partial charge is 0.0991 e. The Kier molecular flexibility index (Phi) is 1.81. The Labute approximate surface area is 71.4 Å². The van der Waals surface area contributed by atoms with Gasteiger partial charge in [0, 0.05) is 6.42 Å². The first-order valence-corrected chi connectivity index (χ1v) is 4.02. The molecule has 0 N–H and O–H groups in total. The van der Waals surface area contributed by atoms with Crippen LogP contribution in [0.25, 0.3) is 0 Å². The minimum atomic E-state index is 0.276. The van der Waals surface area contributed by atoms with Crippen molar-refractivity contribution in [3.05, 3.63) is 35.4 Å². The molecule has 0 saturated carbocycles. The second-order valence-electron chi connectivity index (χ2n) is 2.88. The summed E-state index contributed by atoms with van der Waals surface area (Å²) in [4.78, 5) is 0. The van der Waals surface area contributed by atoms with Crippen LogP contribution in [0.15, 0.2) is 24.3 Å². The molecule has 1 heterocycles. The molecule has 0 aromatic heterocycles. The van der Waals surface area contributed by atoms with Gasteiger partial charge in [-0.3, -0.25) is 0 Å². The van der Waals surface area contributed by atoms with E-state index in [-0.39, 0.29) is 6.10 Å². The van der Waals surface area contributed by atoms with Gasteiger partial charge in [-0.15, -0.1) is 0 Å². The van der Waals surface area contributed by atoms with Crippen molar-refractivity contribution >= 4 is 0 Å². The maximum absolute atomic E-state index is 8.56. The first-order valence-electron chi connectivity index (χ1n) is 4.02. The molecule has 0 radical (unpaired) electrons. The number of benzene rings is 1. The minimum Gasteiger partial charge on any atom is -0.373 e. The highest BCUT2D eigenvalue weighted by Crippen LogP contribution is 2.28. The molecular formula is C10H9NO. The minimum absolute atomic E-state index is 0.276. The molecule has 1 aliphatic heterocycles. The lowest BCUT2D eigenvalue weighted by atomic mass is 10.0. The topological polar surface area (TPSA) is 33.0 Å². The van der Waals surface area contributed by atoms with E-state index in [0.717, 1.165) is 13.0 Å². The number of nitrogens with zero attached hydrogens (tertiary/aromatic N) is 1. The Morgan fingerprint density at radius 3 is 2.42 bits per heavy atom. The fourth-order valence-corrected chi connectivity index (χ4v) is 1.27. The highest BCUT2D eigenvalue weighted by atomic mass is 16.5. The molecule has 1 atom stereocenters. The molecule has 2 rings (SSSR count). The molecule has 12 heavy (non-hydrogen) atoms. The van der Waals surface area contributed by atoms with Crippen LogP contribution in [0.1, 0.15) is 23.7 Å². The standard InChI is InChI=1S/C10H9NO/c11-7-8-1-3-9(4-2-8)10-5-6-12-10/h1-4,10H,5-6H2. The van der Waals surface area contributed by atoms with Gasteiger partial charge in [-0.1, -0.05) is 12.1 Å². The molecule has 1 aromatic rings. The fraction of sp³-hybridized carbons (Fsp3) is 0.300. The van der Waals surface area contributed by atoms with Gasteiger partial charge in [0.05, 0.1) is 24.3 Å². The van der Waals surface area contributed by atoms with Crippen molar-refractivity contribution in [3.63, 3.8) is 0 Å². The highest BCUT2D eigenvalue weighted by Gasteiger charge is 2.19. The summed E-state index contributed by atoms with van der Waals surface area (Å²) in [5.74, 6) is 0. The van der Waals surface area contributed by atoms with Crippen LogP contribution >= 0.6 is 0 Å². The molecule has 60 valence electrons. The number of nitriles is 1. The summed E-state index contributed by atoms with van der Waals surface area (Å²) in [6.07, 6.45) is 1.38. The molecule has 0 spiro atoms. The lowest BCUT2D eigenvalue weighted by Crippen LogP contribution is -2.17. The molecule has 1 fully saturated rings. The predicted octanol–water partition coefficient (Wildman–Crippen LogP) is 2.02. The summed E-state index contributed by atoms with van der Waals surface area (Å²) in [7, 11) is 0. The summed E-state index contributed by atoms with van der Waals surface area (Å²) >= 11 is 0. The van der Waals surface area contributed by atoms with Crippen molar-refractivity contribution in [2.75, 3.05) is 6.61 Å². The van der Waals surface area contributed by atoms with Crippen molar-refractivity contribution in [3.8, 4) is 6.07 Å². The monoisotopic (exact) mass is 159 g/mol. The number of hydrogen-bond donors (Lipinski definition) is 0. The van der Waals surface area contributed by atoms with Crippen molar-refractivity contribution in [2.45, 2.75) is 12.5 Å². The zero-order chi connectivity index (χ0) is 8.39. The zero-order valence-electron chi connectivity index (χ0n) is 6.66. The van der Waals surface area contributed by atoms with Gasteiger partial charge in [0.2, 0.25) is 0 Å². The first-order chi connectivity index (χ1) is 5.90. The Morgan fingerprint density at radius 2 is 2.00 bits per heavy atom. The Balaban J connectivity index is 2.19. The SMILES string of the molecule is N#Cc1ccc(C2CCO2)cc1. The average molecular weight is 159 g/mol. The van der Waals surface area contributed by atoms with Crippen LogP contribution in [0.3, 0.4) is 0 Å². The molecule has 0 aliphatic carbocycles. The molecule has 1 aliphatic rings. The van der Waals surface area contributed by atoms with E-state index in [1.807, 2.05) is 24.3 Å². The van der Waals surface area contributed by atoms with E-state index in [1.54, 1.807) is 0 Å². The van der Waals surface area contributed by atoms with Gasteiger partial charge in [-0.05, 0) is 17.7 Å². The molecule has 0 amide bonds. The van der Waals surface area contributed by atoms with E-state index in [9.17, 15) is 0 Å². The Morgan fingerprint density at radius 1 is 1.33 bits per heavy atom. The van der Waals surface area contributed by atoms with E-state index in [4.69, 9.17) is 10.00 Å². The second-order valence-corrected chi connectivity index (χ2v) is 2.88. The van der Waals surface area contributed by atoms with Gasteiger partial charge in [0.25, 0.3) is 0 Å². The summed E-state index contributed by atoms with van der Waals surface area (Å²) in [6, 6.07) is 9.67. The van der Waals surface area contributed by atoms with E-state index in [0.29, 0.717) is 5.56 Å². The molecule has 0 bridgehead atoms. The van der Waals surface area contributed by atoms with Gasteiger partial charge >= 0.3 is 0 Å². The van der Waals surface area contributed by atoms with Crippen LogP contribution in [0.5, 0.6) is 0 Å². The summed E-state index contributed by atoms with van der Waals surface area (Å²) in [6.45, 7) is 0.866. The van der Waals surface area contributed by atoms with E-state index in [1.165, 1.54) is 5.56 Å². The van der Waals surface area contributed by atoms with E-state index >= 15 is 0 Å². The van der Waals surface area contributed by atoms with Crippen molar-refractivity contribution < 1.29 is 4.74 Å². The van der Waals surface area contributed by atoms with Crippen molar-refractivity contribution in [1.82, 2.24) is 0 Å². The van der Waals surface area contributed by atoms with E-state index in [2.05, 4.69) is 6.07 Å². The Bertz CT molecular complexity index is 306. The normalized spacial score (nSPS) is 21.1. The average Bonchev–Trinajstić information content (AvgIpc) is 2.03. The lowest BCUT2D eigenvalue weighted by Gasteiger charge is -2.26. The van der Waals surface area contributed by atoms with Gasteiger partial charge < -0.3 is 4.74 Å². The summed E-state index contributed by atoms with van der Waals surface area (Å²) in [5.41, 5.74) is 1.89. The summed E-state index contributed by atoms with van der Waals surface area (Å²) < 4.78 is 5.31. The van der Waals surface area contributed by atoms with Gasteiger partial charge in [-0.25, -0.2) is 0 Å². The van der Waals surface area contributed by atoms with Crippen LogP contribution in [-0.4, -0.2) is 6.61 Å². The van der Waals surface area contributed by atoms with Gasteiger partial charge in [-0.2, -0.15) is 5.26 Å². The number of hydrogen-bond acceptors (Lipinski definition) is 2. The summed E-state index contributed by atoms with van der Waals surface area (Å²) in [5, 5.41) is 8.56. The fourth-order valence-electron chi connectivity index (χ4n) is 1.27. The molecule has 2 nitrogen and oxygen atoms in total. The van der Waals surface area contributed by atoms with Crippen LogP contribution in [0.2, 0.25) is 0 Å². The van der Waals surface area contributed by atoms with Crippen LogP contribution in [-0.2, 0) is 4.74 Å². The maximum atomic E-state index is 8.56. The quantitative estimate of drug-likeness (QED) is 0.628. The molecule has 2 heteroatoms. The van der Waals surface area contributed by atoms with Crippen LogP contribution < -0.4 is 0 Å². The van der Waals surface area contributed by atoms with Crippen LogP contribution in [0.4, 0.5) is 0 Å². The first kappa shape index (κ1) is 7.33. The largest absolute Gasteiger partial charge is 0.373 e. The number of ether oxygens (including phenoxy) is 1. The zero-order valence-corrected chi connectivity index (χ0v) is 6.66. The lowest BCUT2D eigenvalue weighted by molar-refractivity contribution is -0.0527. The third-order valence-corrected chi connectivity index (χ3v) is 2.11. The third kappa shape index (κ3) is 1.19. The van der Waals surface area contributed by atoms with Crippen molar-refractivity contribution in [2.24, 2.45) is 0 Å². The Hall–Kier alpha value is -1.33. The third-order valence-electron chi connectivity index (χ3n) is 2.11.